The smallest absolute Gasteiger partial charge is 0.219 e. The van der Waals surface area contributed by atoms with E-state index < -0.39 is 9.14 Å². The van der Waals surface area contributed by atoms with Gasteiger partial charge in [0.25, 0.3) is 0 Å². The van der Waals surface area contributed by atoms with Crippen molar-refractivity contribution in [2.45, 2.75) is 65.4 Å². The zero-order valence-corrected chi connectivity index (χ0v) is 20.9. The van der Waals surface area contributed by atoms with Gasteiger partial charge in [0.05, 0.1) is 5.76 Å². The highest BCUT2D eigenvalue weighted by molar-refractivity contribution is 8.46. The molecule has 0 N–H and O–H groups in total. The number of hydrogen-bond donors (Lipinski definition) is 0. The molecule has 0 radical (unpaired) electrons. The molecule has 1 aliphatic heterocycles. The molecule has 1 fully saturated rings. The average molecular weight is 453 g/mol. The van der Waals surface area contributed by atoms with Crippen molar-refractivity contribution in [2.75, 3.05) is 20.1 Å². The Morgan fingerprint density at radius 2 is 2.00 bits per heavy atom. The fourth-order valence-electron chi connectivity index (χ4n) is 3.35. The molecular formula is C23H37N2O3PS. The van der Waals surface area contributed by atoms with Gasteiger partial charge in [0.1, 0.15) is 11.9 Å². The molecule has 7 heteroatoms. The summed E-state index contributed by atoms with van der Waals surface area (Å²) in [5.74, 6) is 1.92. The van der Waals surface area contributed by atoms with E-state index in [1.165, 1.54) is 6.20 Å². The molecule has 0 spiro atoms. The normalized spacial score (nSPS) is 20.6. The zero-order chi connectivity index (χ0) is 22.3. The van der Waals surface area contributed by atoms with Crippen LogP contribution >= 0.6 is 8.44 Å². The van der Waals surface area contributed by atoms with Gasteiger partial charge in [0.15, 0.2) is 0 Å². The Hall–Kier alpha value is -1.36. The first-order valence-electron chi connectivity index (χ1n) is 10.6. The second-order valence-corrected chi connectivity index (χ2v) is 12.2. The van der Waals surface area contributed by atoms with E-state index in [0.29, 0.717) is 30.3 Å². The first-order valence-corrected chi connectivity index (χ1v) is 13.7. The molecule has 1 aliphatic carbocycles. The number of ether oxygens (including phenoxy) is 2. The Bertz CT molecular complexity index is 871. The minimum absolute atomic E-state index is 0.152. The highest BCUT2D eigenvalue weighted by Gasteiger charge is 2.22. The summed E-state index contributed by atoms with van der Waals surface area (Å²) < 4.78 is 25.1. The highest BCUT2D eigenvalue weighted by atomic mass is 32.7. The van der Waals surface area contributed by atoms with Crippen LogP contribution in [0.15, 0.2) is 52.4 Å². The van der Waals surface area contributed by atoms with Gasteiger partial charge in [-0.1, -0.05) is 26.2 Å². The number of piperidine rings is 1. The summed E-state index contributed by atoms with van der Waals surface area (Å²) in [5, 5.41) is 0. The Morgan fingerprint density at radius 3 is 2.53 bits per heavy atom. The molecule has 2 rings (SSSR count). The molecule has 0 aromatic carbocycles. The predicted octanol–water partition coefficient (Wildman–Crippen LogP) is 5.19. The van der Waals surface area contributed by atoms with E-state index in [2.05, 4.69) is 45.5 Å². The van der Waals surface area contributed by atoms with Crippen LogP contribution in [-0.4, -0.2) is 46.1 Å². The summed E-state index contributed by atoms with van der Waals surface area (Å²) in [4.78, 5) is 8.75. The quantitative estimate of drug-likeness (QED) is 0.151. The van der Waals surface area contributed by atoms with Gasteiger partial charge in [-0.15, -0.1) is 0 Å². The van der Waals surface area contributed by atoms with Crippen molar-refractivity contribution >= 4 is 28.3 Å². The van der Waals surface area contributed by atoms with Crippen LogP contribution in [-0.2, 0) is 18.6 Å². The van der Waals surface area contributed by atoms with Gasteiger partial charge in [0, 0.05) is 45.3 Å². The molecule has 1 heterocycles. The van der Waals surface area contributed by atoms with Crippen molar-refractivity contribution in [1.82, 2.24) is 4.90 Å². The van der Waals surface area contributed by atoms with Crippen LogP contribution in [0.25, 0.3) is 0 Å². The molecule has 1 saturated heterocycles. The van der Waals surface area contributed by atoms with Crippen LogP contribution < -0.4 is 0 Å². The van der Waals surface area contributed by atoms with Gasteiger partial charge in [-0.2, -0.15) is 0 Å². The summed E-state index contributed by atoms with van der Waals surface area (Å²) >= 11 is 0. The maximum Gasteiger partial charge on any atom is 0.219 e. The molecule has 2 aliphatic rings. The molecule has 168 valence electrons. The number of hydrogen-bond acceptors (Lipinski definition) is 5. The maximum atomic E-state index is 12.9. The largest absolute Gasteiger partial charge is 0.474 e. The van der Waals surface area contributed by atoms with Gasteiger partial charge < -0.3 is 14.4 Å². The topological polar surface area (TPSA) is 51.1 Å². The Morgan fingerprint density at radius 1 is 1.37 bits per heavy atom. The first-order chi connectivity index (χ1) is 14.2. The summed E-state index contributed by atoms with van der Waals surface area (Å²) in [6.07, 6.45) is 8.66. The summed E-state index contributed by atoms with van der Waals surface area (Å²) in [6, 6.07) is 0. The van der Waals surface area contributed by atoms with Crippen molar-refractivity contribution in [2.24, 2.45) is 4.99 Å². The molecule has 0 bridgehead atoms. The lowest BCUT2D eigenvalue weighted by atomic mass is 10.1. The summed E-state index contributed by atoms with van der Waals surface area (Å²) in [7, 11) is 2.62. The minimum Gasteiger partial charge on any atom is -0.474 e. The Labute approximate surface area is 185 Å². The number of rotatable bonds is 10. The molecule has 5 nitrogen and oxygen atoms in total. The van der Waals surface area contributed by atoms with Crippen molar-refractivity contribution in [3.63, 3.8) is 0 Å². The van der Waals surface area contributed by atoms with E-state index >= 15 is 0 Å². The fraction of sp³-hybridized carbons (Fsp3) is 0.565. The van der Waals surface area contributed by atoms with E-state index in [9.17, 15) is 4.21 Å². The molecule has 0 aromatic heterocycles. The molecule has 0 amide bonds. The molecular weight excluding hydrogens is 415 g/mol. The van der Waals surface area contributed by atoms with Crippen LogP contribution in [0, 0.1) is 0 Å². The van der Waals surface area contributed by atoms with E-state index in [1.807, 2.05) is 19.9 Å². The van der Waals surface area contributed by atoms with Crippen molar-refractivity contribution in [3.05, 3.63) is 47.4 Å². The predicted molar refractivity (Wildman–Crippen MR) is 133 cm³/mol. The lowest BCUT2D eigenvalue weighted by Crippen LogP contribution is -2.35. The van der Waals surface area contributed by atoms with Crippen molar-refractivity contribution in [1.29, 1.82) is 0 Å². The van der Waals surface area contributed by atoms with Crippen LogP contribution in [0.3, 0.4) is 0 Å². The van der Waals surface area contributed by atoms with E-state index in [0.717, 1.165) is 54.1 Å². The van der Waals surface area contributed by atoms with Gasteiger partial charge >= 0.3 is 0 Å². The third kappa shape index (κ3) is 7.11. The van der Waals surface area contributed by atoms with Crippen LogP contribution in [0.2, 0.25) is 0 Å². The molecule has 2 atom stereocenters. The minimum atomic E-state index is -2.08. The van der Waals surface area contributed by atoms with Gasteiger partial charge in [-0.25, -0.2) is 4.99 Å². The second kappa shape index (κ2) is 11.3. The number of likely N-dealkylation sites (tertiary alicyclic amines) is 1. The third-order valence-electron chi connectivity index (χ3n) is 5.56. The Kier molecular flexibility index (Phi) is 9.39. The van der Waals surface area contributed by atoms with Crippen molar-refractivity contribution in [3.8, 4) is 0 Å². The lowest BCUT2D eigenvalue weighted by molar-refractivity contribution is 0.104. The highest BCUT2D eigenvalue weighted by Crippen LogP contribution is 2.33. The number of nitrogens with zero attached hydrogens (tertiary/aromatic N) is 2. The van der Waals surface area contributed by atoms with E-state index in [-0.39, 0.29) is 6.10 Å². The molecule has 0 saturated carbocycles. The molecule has 2 unspecified atom stereocenters. The molecule has 0 aromatic rings. The summed E-state index contributed by atoms with van der Waals surface area (Å²) in [5.41, 5.74) is 0.840. The number of allylic oxidation sites excluding steroid dienone is 4. The second-order valence-electron chi connectivity index (χ2n) is 7.93. The fourth-order valence-corrected chi connectivity index (χ4v) is 6.56. The standard InChI is InChI=1S/C23H37N2O3PS/c1-7-21(30(26,29)22-11-12-22)10-9-17(3)27-19(5)18(4)23(24-8-2)28-20-13-15-25(6)16-14-20/h8,11,20H,2-3,7,9-10,12-16,29H2,1,4-6H3. The van der Waals surface area contributed by atoms with Gasteiger partial charge in [-0.05, 0) is 66.3 Å². The summed E-state index contributed by atoms with van der Waals surface area (Å²) in [6.45, 7) is 15.7. The number of aliphatic imine (C=N–C) groups is 1. The van der Waals surface area contributed by atoms with E-state index in [4.69, 9.17) is 9.47 Å². The zero-order valence-electron chi connectivity index (χ0n) is 18.9. The van der Waals surface area contributed by atoms with Crippen LogP contribution in [0.4, 0.5) is 0 Å². The third-order valence-corrected chi connectivity index (χ3v) is 9.94. The maximum absolute atomic E-state index is 12.9. The Balaban J connectivity index is 2.00. The SMILES string of the molecule is C=CN=C(OC1CCN(C)CC1)C(C)=C(C)OC(=C)CCC(CC)=S(=O)(P)C1=CC1. The average Bonchev–Trinajstić information content (AvgIpc) is 3.55. The molecule has 30 heavy (non-hydrogen) atoms. The van der Waals surface area contributed by atoms with Crippen molar-refractivity contribution < 1.29 is 13.7 Å². The monoisotopic (exact) mass is 452 g/mol. The van der Waals surface area contributed by atoms with Crippen LogP contribution in [0.1, 0.15) is 59.3 Å². The lowest BCUT2D eigenvalue weighted by Gasteiger charge is -2.29. The van der Waals surface area contributed by atoms with Gasteiger partial charge in [-0.3, -0.25) is 4.21 Å². The van der Waals surface area contributed by atoms with E-state index in [1.54, 1.807) is 0 Å². The van der Waals surface area contributed by atoms with Gasteiger partial charge in [0.2, 0.25) is 5.90 Å². The first kappa shape index (κ1) is 24.9. The van der Waals surface area contributed by atoms with Crippen LogP contribution in [0.5, 0.6) is 0 Å².